The summed E-state index contributed by atoms with van der Waals surface area (Å²) >= 11 is 0. The van der Waals surface area contributed by atoms with E-state index in [1.807, 2.05) is 0 Å². The summed E-state index contributed by atoms with van der Waals surface area (Å²) in [5, 5.41) is 17.2. The third kappa shape index (κ3) is 6.66. The minimum atomic E-state index is -1.20. The summed E-state index contributed by atoms with van der Waals surface area (Å²) in [5.74, 6) is -3.03. The summed E-state index contributed by atoms with van der Waals surface area (Å²) in [6.07, 6.45) is 2.73. The van der Waals surface area contributed by atoms with E-state index in [0.29, 0.717) is 0 Å². The molecule has 0 aliphatic heterocycles. The molecule has 11 nitrogen and oxygen atoms in total. The first-order valence-electron chi connectivity index (χ1n) is 11.0. The molecule has 13 heteroatoms. The van der Waals surface area contributed by atoms with Crippen LogP contribution in [0.5, 0.6) is 5.88 Å². The molecule has 2 aromatic heterocycles. The Labute approximate surface area is 200 Å². The number of carbonyl (C=O) groups excluding carboxylic acids is 1. The molecule has 0 saturated heterocycles. The van der Waals surface area contributed by atoms with Gasteiger partial charge in [-0.3, -0.25) is 4.79 Å². The molecule has 1 fully saturated rings. The molecule has 0 aromatic carbocycles. The van der Waals surface area contributed by atoms with Crippen molar-refractivity contribution >= 4 is 29.3 Å². The average molecular weight is 494 g/mol. The van der Waals surface area contributed by atoms with Crippen LogP contribution in [0.25, 0.3) is 0 Å². The Morgan fingerprint density at radius 2 is 1.97 bits per heavy atom. The number of nitrogens with zero attached hydrogens (tertiary/aromatic N) is 2. The van der Waals surface area contributed by atoms with E-state index in [-0.39, 0.29) is 47.9 Å². The Hall–Kier alpha value is -3.74. The first kappa shape index (κ1) is 25.9. The number of pyridine rings is 2. The van der Waals surface area contributed by atoms with Crippen LogP contribution in [0.1, 0.15) is 36.5 Å². The van der Waals surface area contributed by atoms with E-state index < -0.39 is 35.7 Å². The quantitative estimate of drug-likeness (QED) is 0.279. The zero-order chi connectivity index (χ0) is 25.5. The molecule has 0 unspecified atom stereocenters. The highest BCUT2D eigenvalue weighted by Gasteiger charge is 2.33. The normalized spacial score (nSPS) is 15.0. The van der Waals surface area contributed by atoms with Crippen molar-refractivity contribution < 1.29 is 33.0 Å². The van der Waals surface area contributed by atoms with Gasteiger partial charge in [0.25, 0.3) is 11.8 Å². The molecule has 2 amide bonds. The summed E-state index contributed by atoms with van der Waals surface area (Å²) in [4.78, 5) is 31.1. The number of anilines is 3. The van der Waals surface area contributed by atoms with E-state index >= 15 is 0 Å². The van der Waals surface area contributed by atoms with Crippen molar-refractivity contribution in [2.45, 2.75) is 38.3 Å². The number of nitrogens with one attached hydrogen (secondary N) is 3. The van der Waals surface area contributed by atoms with Crippen molar-refractivity contribution in [2.75, 3.05) is 31.0 Å². The van der Waals surface area contributed by atoms with Crippen molar-refractivity contribution in [1.29, 1.82) is 0 Å². The highest BCUT2D eigenvalue weighted by atomic mass is 19.1. The molecular formula is C22H28F2N6O5. The maximum Gasteiger partial charge on any atom is 0.404 e. The molecule has 0 radical (unpaired) electrons. The van der Waals surface area contributed by atoms with E-state index in [2.05, 4.69) is 25.9 Å². The molecule has 2 heterocycles. The second kappa shape index (κ2) is 11.6. The van der Waals surface area contributed by atoms with Gasteiger partial charge in [-0.15, -0.1) is 0 Å². The van der Waals surface area contributed by atoms with Gasteiger partial charge in [-0.25, -0.2) is 23.5 Å². The molecule has 1 saturated carbocycles. The fourth-order valence-corrected chi connectivity index (χ4v) is 3.72. The zero-order valence-electron chi connectivity index (χ0n) is 19.3. The van der Waals surface area contributed by atoms with Crippen LogP contribution in [-0.2, 0) is 4.74 Å². The number of nitrogens with two attached hydrogens (primary N) is 1. The number of amides is 2. The van der Waals surface area contributed by atoms with Crippen LogP contribution in [0.4, 0.5) is 30.9 Å². The molecule has 35 heavy (non-hydrogen) atoms. The Kier molecular flexibility index (Phi) is 8.58. The smallest absolute Gasteiger partial charge is 0.404 e. The van der Waals surface area contributed by atoms with Gasteiger partial charge < -0.3 is 36.3 Å². The van der Waals surface area contributed by atoms with Gasteiger partial charge in [0.15, 0.2) is 17.5 Å². The van der Waals surface area contributed by atoms with Crippen molar-refractivity contribution in [2.24, 2.45) is 11.7 Å². The zero-order valence-corrected chi connectivity index (χ0v) is 19.3. The summed E-state index contributed by atoms with van der Waals surface area (Å²) < 4.78 is 39.3. The van der Waals surface area contributed by atoms with Crippen LogP contribution in [0, 0.1) is 17.6 Å². The number of ether oxygens (including phenoxy) is 2. The lowest BCUT2D eigenvalue weighted by molar-refractivity contribution is 0.1000. The predicted octanol–water partition coefficient (Wildman–Crippen LogP) is 2.86. The van der Waals surface area contributed by atoms with Crippen LogP contribution in [-0.4, -0.2) is 59.5 Å². The standard InChI is InChI=1S/C22H28F2N6O5/c1-11(27-22(32)33)17(12-4-3-5-12)29-20-15(23)9-14(18(25)31)19(30-20)28-13-8-16(24)21(26-10-13)35-7-6-34-2/h8-12,17,27H,3-7H2,1-2H3,(H2,25,31)(H,32,33)(H2,28,29,30)/t11-,17+/m0/s1. The van der Waals surface area contributed by atoms with Crippen molar-refractivity contribution in [3.63, 3.8) is 0 Å². The third-order valence-electron chi connectivity index (χ3n) is 5.69. The molecule has 1 aliphatic carbocycles. The summed E-state index contributed by atoms with van der Waals surface area (Å²) in [7, 11) is 1.48. The molecule has 0 spiro atoms. The van der Waals surface area contributed by atoms with Crippen LogP contribution in [0.3, 0.4) is 0 Å². The fraction of sp³-hybridized carbons (Fsp3) is 0.455. The lowest BCUT2D eigenvalue weighted by Crippen LogP contribution is -2.50. The number of aromatic nitrogens is 2. The number of carboxylic acid groups (broad SMARTS) is 1. The summed E-state index contributed by atoms with van der Waals surface area (Å²) in [5.41, 5.74) is 5.25. The number of primary amides is 1. The number of hydrogen-bond donors (Lipinski definition) is 5. The second-order valence-corrected chi connectivity index (χ2v) is 8.16. The van der Waals surface area contributed by atoms with Crippen molar-refractivity contribution in [3.05, 3.63) is 35.5 Å². The van der Waals surface area contributed by atoms with Crippen LogP contribution in [0.15, 0.2) is 18.3 Å². The number of methoxy groups -OCH3 is 1. The highest BCUT2D eigenvalue weighted by Crippen LogP contribution is 2.34. The van der Waals surface area contributed by atoms with E-state index in [0.717, 1.165) is 31.4 Å². The number of halogens is 2. The SMILES string of the molecule is COCCOc1ncc(Nc2nc(N[C@@H](C3CCC3)[C@H](C)NC(=O)O)c(F)cc2C(N)=O)cc1F. The van der Waals surface area contributed by atoms with E-state index in [1.54, 1.807) is 6.92 Å². The Bertz CT molecular complexity index is 1070. The Morgan fingerprint density at radius 1 is 1.23 bits per heavy atom. The Balaban J connectivity index is 1.87. The molecule has 6 N–H and O–H groups in total. The van der Waals surface area contributed by atoms with Gasteiger partial charge in [-0.2, -0.15) is 0 Å². The number of carbonyl (C=O) groups is 2. The lowest BCUT2D eigenvalue weighted by Gasteiger charge is -2.38. The molecule has 0 bridgehead atoms. The van der Waals surface area contributed by atoms with Crippen molar-refractivity contribution in [1.82, 2.24) is 15.3 Å². The molecule has 190 valence electrons. The molecular weight excluding hydrogens is 466 g/mol. The maximum atomic E-state index is 14.9. The Morgan fingerprint density at radius 3 is 2.54 bits per heavy atom. The largest absolute Gasteiger partial charge is 0.473 e. The second-order valence-electron chi connectivity index (χ2n) is 8.16. The summed E-state index contributed by atoms with van der Waals surface area (Å²) in [6.45, 7) is 2.02. The van der Waals surface area contributed by atoms with Crippen molar-refractivity contribution in [3.8, 4) is 5.88 Å². The monoisotopic (exact) mass is 494 g/mol. The van der Waals surface area contributed by atoms with Gasteiger partial charge in [0.05, 0.1) is 30.1 Å². The van der Waals surface area contributed by atoms with E-state index in [9.17, 15) is 18.4 Å². The third-order valence-corrected chi connectivity index (χ3v) is 5.69. The lowest BCUT2D eigenvalue weighted by atomic mass is 9.77. The topological polar surface area (TPSA) is 161 Å². The maximum absolute atomic E-state index is 14.9. The summed E-state index contributed by atoms with van der Waals surface area (Å²) in [6, 6.07) is 1.000. The average Bonchev–Trinajstić information content (AvgIpc) is 2.75. The van der Waals surface area contributed by atoms with Gasteiger partial charge in [-0.05, 0) is 31.7 Å². The van der Waals surface area contributed by atoms with Crippen LogP contribution in [0.2, 0.25) is 0 Å². The highest BCUT2D eigenvalue weighted by molar-refractivity contribution is 5.98. The predicted molar refractivity (Wildman–Crippen MR) is 123 cm³/mol. The number of hydrogen-bond acceptors (Lipinski definition) is 8. The first-order chi connectivity index (χ1) is 16.7. The van der Waals surface area contributed by atoms with Crippen LogP contribution >= 0.6 is 0 Å². The minimum absolute atomic E-state index is 0.102. The molecule has 2 atom stereocenters. The molecule has 3 rings (SSSR count). The van der Waals surface area contributed by atoms with Gasteiger partial charge in [0.1, 0.15) is 12.4 Å². The fourth-order valence-electron chi connectivity index (χ4n) is 3.72. The van der Waals surface area contributed by atoms with Gasteiger partial charge in [0.2, 0.25) is 0 Å². The van der Waals surface area contributed by atoms with Gasteiger partial charge in [0, 0.05) is 19.2 Å². The molecule has 1 aliphatic rings. The van der Waals surface area contributed by atoms with Gasteiger partial charge >= 0.3 is 6.09 Å². The molecule has 2 aromatic rings. The van der Waals surface area contributed by atoms with Crippen LogP contribution < -0.4 is 26.4 Å². The number of rotatable bonds is 12. The van der Waals surface area contributed by atoms with E-state index in [1.165, 1.54) is 13.3 Å². The van der Waals surface area contributed by atoms with Gasteiger partial charge in [-0.1, -0.05) is 6.42 Å². The minimum Gasteiger partial charge on any atom is -0.473 e. The first-order valence-corrected chi connectivity index (χ1v) is 11.0. The van der Waals surface area contributed by atoms with E-state index in [4.69, 9.17) is 20.3 Å².